The Hall–Kier alpha value is -3.57. The summed E-state index contributed by atoms with van der Waals surface area (Å²) in [7, 11) is 0. The lowest BCUT2D eigenvalue weighted by Gasteiger charge is -2.28. The van der Waals surface area contributed by atoms with Crippen molar-refractivity contribution in [3.63, 3.8) is 0 Å². The Balaban J connectivity index is 1.70. The molecule has 1 saturated heterocycles. The quantitative estimate of drug-likeness (QED) is 0.234. The van der Waals surface area contributed by atoms with E-state index in [-0.39, 0.29) is 16.7 Å². The highest BCUT2D eigenvalue weighted by Crippen LogP contribution is 2.44. The van der Waals surface area contributed by atoms with Gasteiger partial charge in [0.15, 0.2) is 0 Å². The van der Waals surface area contributed by atoms with Crippen molar-refractivity contribution < 1.29 is 19.4 Å². The Bertz CT molecular complexity index is 1430. The maximum absolute atomic E-state index is 13.5. The van der Waals surface area contributed by atoms with E-state index in [1.165, 1.54) is 4.90 Å². The van der Waals surface area contributed by atoms with E-state index in [0.717, 1.165) is 40.8 Å². The summed E-state index contributed by atoms with van der Waals surface area (Å²) in [6.07, 6.45) is 1.71. The Morgan fingerprint density at radius 3 is 2.43 bits per heavy atom. The molecule has 3 aromatic rings. The van der Waals surface area contributed by atoms with E-state index in [4.69, 9.17) is 16.3 Å². The number of carbonyl (C=O) groups excluding carboxylic acids is 2. The van der Waals surface area contributed by atoms with Crippen molar-refractivity contribution in [1.29, 1.82) is 0 Å². The first-order valence-electron chi connectivity index (χ1n) is 12.5. The third-order valence-corrected chi connectivity index (χ3v) is 7.37. The predicted octanol–water partition coefficient (Wildman–Crippen LogP) is 6.90. The van der Waals surface area contributed by atoms with Gasteiger partial charge >= 0.3 is 0 Å². The minimum atomic E-state index is -0.791. The van der Waals surface area contributed by atoms with Gasteiger partial charge in [0.25, 0.3) is 11.7 Å². The largest absolute Gasteiger partial charge is 0.507 e. The van der Waals surface area contributed by atoms with Crippen molar-refractivity contribution in [3.8, 4) is 5.75 Å². The van der Waals surface area contributed by atoms with Gasteiger partial charge in [-0.2, -0.15) is 0 Å². The summed E-state index contributed by atoms with van der Waals surface area (Å²) in [4.78, 5) is 28.5. The van der Waals surface area contributed by atoms with Crippen LogP contribution in [0.25, 0.3) is 5.76 Å². The molecule has 2 aliphatic heterocycles. The number of hydrogen-bond acceptors (Lipinski definition) is 4. The summed E-state index contributed by atoms with van der Waals surface area (Å²) in [5.74, 6) is -0.802. The van der Waals surface area contributed by atoms with Crippen LogP contribution in [0.5, 0.6) is 5.75 Å². The predicted molar refractivity (Wildman–Crippen MR) is 146 cm³/mol. The molecule has 6 heteroatoms. The van der Waals surface area contributed by atoms with Gasteiger partial charge in [0, 0.05) is 16.3 Å². The molecule has 0 radical (unpaired) electrons. The number of Topliss-reactive ketones (excluding diaryl/α,β-unsaturated/α-hetero) is 1. The van der Waals surface area contributed by atoms with Crippen LogP contribution in [0.4, 0.5) is 5.69 Å². The molecule has 5 rings (SSSR count). The molecule has 2 aliphatic rings. The number of fused-ring (bicyclic) bond motifs is 1. The molecule has 3 aromatic carbocycles. The average Bonchev–Trinajstić information content (AvgIpc) is 3.13. The molecule has 0 spiro atoms. The van der Waals surface area contributed by atoms with Crippen molar-refractivity contribution in [2.75, 3.05) is 11.5 Å². The Kier molecular flexibility index (Phi) is 6.36. The van der Waals surface area contributed by atoms with Crippen LogP contribution in [0, 0.1) is 6.92 Å². The lowest BCUT2D eigenvalue weighted by Crippen LogP contribution is -2.30. The van der Waals surface area contributed by atoms with Crippen molar-refractivity contribution >= 4 is 34.7 Å². The summed E-state index contributed by atoms with van der Waals surface area (Å²) in [6, 6.07) is 17.7. The van der Waals surface area contributed by atoms with Gasteiger partial charge in [0.05, 0.1) is 18.2 Å². The molecule has 190 valence electrons. The molecular formula is C31H30ClNO4. The molecule has 1 amide bonds. The van der Waals surface area contributed by atoms with Gasteiger partial charge in [0.2, 0.25) is 0 Å². The number of carbonyl (C=O) groups is 2. The molecule has 1 atom stereocenters. The van der Waals surface area contributed by atoms with Crippen molar-refractivity contribution in [2.24, 2.45) is 0 Å². The van der Waals surface area contributed by atoms with E-state index in [1.54, 1.807) is 24.3 Å². The number of aliphatic hydroxyl groups is 1. The summed E-state index contributed by atoms with van der Waals surface area (Å²) < 4.78 is 5.71. The van der Waals surface area contributed by atoms with Crippen LogP contribution in [-0.2, 0) is 21.4 Å². The molecule has 1 N–H and O–H groups in total. The van der Waals surface area contributed by atoms with Crippen LogP contribution in [0.1, 0.15) is 61.1 Å². The van der Waals surface area contributed by atoms with Crippen LogP contribution >= 0.6 is 11.6 Å². The van der Waals surface area contributed by atoms with Crippen molar-refractivity contribution in [1.82, 2.24) is 0 Å². The first kappa shape index (κ1) is 25.1. The van der Waals surface area contributed by atoms with Gasteiger partial charge in [-0.15, -0.1) is 0 Å². The number of ketones is 1. The van der Waals surface area contributed by atoms with Crippen molar-refractivity contribution in [3.05, 3.63) is 99.1 Å². The van der Waals surface area contributed by atoms with Crippen LogP contribution < -0.4 is 9.64 Å². The van der Waals surface area contributed by atoms with E-state index in [1.807, 2.05) is 43.3 Å². The maximum atomic E-state index is 13.5. The zero-order chi connectivity index (χ0) is 26.5. The number of benzene rings is 3. The number of nitrogens with zero attached hydrogens (tertiary/aromatic N) is 1. The number of hydrogen-bond donors (Lipinski definition) is 1. The van der Waals surface area contributed by atoms with Gasteiger partial charge in [0.1, 0.15) is 11.5 Å². The zero-order valence-corrected chi connectivity index (χ0v) is 22.2. The van der Waals surface area contributed by atoms with Crippen LogP contribution in [-0.4, -0.2) is 23.4 Å². The number of amides is 1. The third-order valence-electron chi connectivity index (χ3n) is 7.14. The number of ether oxygens (including phenoxy) is 1. The minimum absolute atomic E-state index is 0.0572. The molecule has 2 heterocycles. The summed E-state index contributed by atoms with van der Waals surface area (Å²) in [5, 5.41) is 12.1. The van der Waals surface area contributed by atoms with E-state index >= 15 is 0 Å². The molecule has 5 nitrogen and oxygen atoms in total. The van der Waals surface area contributed by atoms with Crippen LogP contribution in [0.3, 0.4) is 0 Å². The smallest absolute Gasteiger partial charge is 0.300 e. The second-order valence-corrected chi connectivity index (χ2v) is 11.2. The van der Waals surface area contributed by atoms with Gasteiger partial charge in [-0.05, 0) is 83.8 Å². The van der Waals surface area contributed by atoms with E-state index < -0.39 is 17.7 Å². The monoisotopic (exact) mass is 515 g/mol. The number of aliphatic hydroxyl groups excluding tert-OH is 1. The maximum Gasteiger partial charge on any atom is 0.300 e. The highest BCUT2D eigenvalue weighted by molar-refractivity contribution is 6.51. The molecule has 0 bridgehead atoms. The van der Waals surface area contributed by atoms with Crippen LogP contribution in [0.2, 0.25) is 5.02 Å². The van der Waals surface area contributed by atoms with Gasteiger partial charge in [-0.3, -0.25) is 14.5 Å². The highest BCUT2D eigenvalue weighted by Gasteiger charge is 2.47. The van der Waals surface area contributed by atoms with E-state index in [0.29, 0.717) is 22.9 Å². The summed E-state index contributed by atoms with van der Waals surface area (Å²) in [5.41, 5.74) is 4.69. The Morgan fingerprint density at radius 2 is 1.76 bits per heavy atom. The molecule has 1 unspecified atom stereocenters. The fraction of sp³-hybridized carbons (Fsp3) is 0.290. The number of halogens is 1. The van der Waals surface area contributed by atoms with Gasteiger partial charge in [-0.1, -0.05) is 56.6 Å². The van der Waals surface area contributed by atoms with Crippen LogP contribution in [0.15, 0.2) is 66.2 Å². The summed E-state index contributed by atoms with van der Waals surface area (Å²) >= 11 is 6.19. The summed E-state index contributed by atoms with van der Waals surface area (Å²) in [6.45, 7) is 8.90. The van der Waals surface area contributed by atoms with E-state index in [2.05, 4.69) is 20.8 Å². The first-order chi connectivity index (χ1) is 17.6. The number of rotatable bonds is 3. The average molecular weight is 516 g/mol. The topological polar surface area (TPSA) is 66.8 Å². The number of aryl methyl sites for hydroxylation is 2. The fourth-order valence-electron chi connectivity index (χ4n) is 5.11. The lowest BCUT2D eigenvalue weighted by molar-refractivity contribution is -0.132. The normalized spacial score (nSPS) is 19.1. The Labute approximate surface area is 222 Å². The minimum Gasteiger partial charge on any atom is -0.507 e. The highest BCUT2D eigenvalue weighted by atomic mass is 35.5. The molecule has 1 fully saturated rings. The van der Waals surface area contributed by atoms with Gasteiger partial charge < -0.3 is 9.84 Å². The SMILES string of the molecule is Cc1cc(Cl)ccc1N1C(=O)C(=O)/C(=C(\O)c2ccc3c(c2)CCCO3)C1c1ccc(C(C)(C)C)cc1. The second kappa shape index (κ2) is 9.38. The van der Waals surface area contributed by atoms with E-state index in [9.17, 15) is 14.7 Å². The lowest BCUT2D eigenvalue weighted by atomic mass is 9.85. The second-order valence-electron chi connectivity index (χ2n) is 10.7. The molecule has 0 aliphatic carbocycles. The van der Waals surface area contributed by atoms with Crippen molar-refractivity contribution in [2.45, 2.75) is 52.0 Å². The third kappa shape index (κ3) is 4.53. The molecule has 0 aromatic heterocycles. The Morgan fingerprint density at radius 1 is 1.03 bits per heavy atom. The molecule has 0 saturated carbocycles. The zero-order valence-electron chi connectivity index (χ0n) is 21.5. The fourth-order valence-corrected chi connectivity index (χ4v) is 5.34. The molecular weight excluding hydrogens is 486 g/mol. The standard InChI is InChI=1S/C31H30ClNO4/c1-18-16-23(32)12-13-24(18)33-27(19-7-10-22(11-8-19)31(2,3)4)26(29(35)30(33)36)28(34)21-9-14-25-20(17-21)6-5-15-37-25/h7-14,16-17,27,34H,5-6,15H2,1-4H3/b28-26-. The molecule has 37 heavy (non-hydrogen) atoms. The number of anilines is 1. The first-order valence-corrected chi connectivity index (χ1v) is 12.9. The van der Waals surface area contributed by atoms with Gasteiger partial charge in [-0.25, -0.2) is 0 Å².